The summed E-state index contributed by atoms with van der Waals surface area (Å²) < 4.78 is 0. The van der Waals surface area contributed by atoms with E-state index in [1.165, 1.54) is 43.2 Å². The molecule has 2 aromatic heterocycles. The number of nitrogens with one attached hydrogen (secondary N) is 2. The Hall–Kier alpha value is -3.55. The number of anilines is 1. The van der Waals surface area contributed by atoms with Crippen LogP contribution in [-0.4, -0.2) is 57.1 Å². The lowest BCUT2D eigenvalue weighted by molar-refractivity contribution is 0.102. The molecule has 6 rings (SSSR count). The number of piperidine rings is 1. The molecule has 2 N–H and O–H groups in total. The molecular formula is C30H34N6O. The number of benzene rings is 2. The highest BCUT2D eigenvalue weighted by Crippen LogP contribution is 2.27. The van der Waals surface area contributed by atoms with E-state index in [-0.39, 0.29) is 5.91 Å². The molecular weight excluding hydrogens is 460 g/mol. The van der Waals surface area contributed by atoms with Crippen molar-refractivity contribution in [2.24, 2.45) is 0 Å². The van der Waals surface area contributed by atoms with E-state index in [0.29, 0.717) is 5.69 Å². The fourth-order valence-corrected chi connectivity index (χ4v) is 5.61. The molecule has 0 saturated carbocycles. The van der Waals surface area contributed by atoms with E-state index in [9.17, 15) is 4.79 Å². The summed E-state index contributed by atoms with van der Waals surface area (Å²) in [5, 5.41) is 11.2. The predicted molar refractivity (Wildman–Crippen MR) is 147 cm³/mol. The number of H-pyrrole nitrogens is 1. The summed E-state index contributed by atoms with van der Waals surface area (Å²) in [6.45, 7) is 6.46. The van der Waals surface area contributed by atoms with E-state index >= 15 is 0 Å². The molecule has 4 heterocycles. The van der Waals surface area contributed by atoms with Crippen LogP contribution in [0.15, 0.2) is 60.9 Å². The van der Waals surface area contributed by atoms with Gasteiger partial charge in [-0.2, -0.15) is 5.10 Å². The van der Waals surface area contributed by atoms with Crippen molar-refractivity contribution in [1.82, 2.24) is 25.0 Å². The van der Waals surface area contributed by atoms with Crippen molar-refractivity contribution in [3.63, 3.8) is 0 Å². The summed E-state index contributed by atoms with van der Waals surface area (Å²) in [7, 11) is 0. The Morgan fingerprint density at radius 2 is 1.57 bits per heavy atom. The van der Waals surface area contributed by atoms with Crippen molar-refractivity contribution in [2.45, 2.75) is 45.2 Å². The van der Waals surface area contributed by atoms with Crippen LogP contribution in [0.1, 0.15) is 53.7 Å². The first-order chi connectivity index (χ1) is 18.2. The number of rotatable bonds is 7. The van der Waals surface area contributed by atoms with Gasteiger partial charge in [-0.3, -0.25) is 24.7 Å². The number of hydrogen-bond donors (Lipinski definition) is 2. The average molecular weight is 495 g/mol. The molecule has 0 radical (unpaired) electrons. The number of carbonyl (C=O) groups excluding carboxylic acids is 1. The molecule has 1 amide bonds. The van der Waals surface area contributed by atoms with Crippen molar-refractivity contribution >= 4 is 22.5 Å². The molecule has 7 heteroatoms. The van der Waals surface area contributed by atoms with E-state index in [1.54, 1.807) is 0 Å². The topological polar surface area (TPSA) is 77.1 Å². The van der Waals surface area contributed by atoms with Gasteiger partial charge in [0, 0.05) is 42.1 Å². The summed E-state index contributed by atoms with van der Waals surface area (Å²) in [5.74, 6) is -0.210. The zero-order valence-corrected chi connectivity index (χ0v) is 21.2. The normalized spacial score (nSPS) is 16.9. The predicted octanol–water partition coefficient (Wildman–Crippen LogP) is 5.46. The molecule has 2 saturated heterocycles. The maximum atomic E-state index is 13.2. The van der Waals surface area contributed by atoms with Crippen molar-refractivity contribution in [3.05, 3.63) is 77.7 Å². The van der Waals surface area contributed by atoms with Crippen LogP contribution in [0, 0.1) is 0 Å². The lowest BCUT2D eigenvalue weighted by Crippen LogP contribution is -2.29. The fourth-order valence-electron chi connectivity index (χ4n) is 5.61. The van der Waals surface area contributed by atoms with E-state index < -0.39 is 0 Å². The van der Waals surface area contributed by atoms with Gasteiger partial charge in [0.05, 0.1) is 5.52 Å². The summed E-state index contributed by atoms with van der Waals surface area (Å²) >= 11 is 0. The average Bonchev–Trinajstić information content (AvgIpc) is 3.59. The van der Waals surface area contributed by atoms with Gasteiger partial charge in [0.2, 0.25) is 0 Å². The van der Waals surface area contributed by atoms with Crippen LogP contribution >= 0.6 is 0 Å². The largest absolute Gasteiger partial charge is 0.321 e. The van der Waals surface area contributed by atoms with Gasteiger partial charge < -0.3 is 5.32 Å². The van der Waals surface area contributed by atoms with Crippen LogP contribution in [0.5, 0.6) is 0 Å². The lowest BCUT2D eigenvalue weighted by atomic mass is 10.0. The van der Waals surface area contributed by atoms with Crippen LogP contribution in [-0.2, 0) is 13.1 Å². The highest BCUT2D eigenvalue weighted by Gasteiger charge is 2.17. The molecule has 2 aromatic carbocycles. The van der Waals surface area contributed by atoms with E-state index in [4.69, 9.17) is 0 Å². The second-order valence-corrected chi connectivity index (χ2v) is 10.4. The van der Waals surface area contributed by atoms with Gasteiger partial charge >= 0.3 is 0 Å². The van der Waals surface area contributed by atoms with Crippen LogP contribution in [0.4, 0.5) is 5.69 Å². The van der Waals surface area contributed by atoms with Gasteiger partial charge in [-0.05, 0) is 98.9 Å². The van der Waals surface area contributed by atoms with Gasteiger partial charge in [0.25, 0.3) is 5.91 Å². The second-order valence-electron chi connectivity index (χ2n) is 10.4. The summed E-state index contributed by atoms with van der Waals surface area (Å²) in [5.41, 5.74) is 6.56. The minimum atomic E-state index is -0.210. The van der Waals surface area contributed by atoms with Crippen LogP contribution in [0.3, 0.4) is 0 Å². The van der Waals surface area contributed by atoms with Gasteiger partial charge in [0.1, 0.15) is 0 Å². The number of pyridine rings is 1. The smallest absolute Gasteiger partial charge is 0.276 e. The minimum Gasteiger partial charge on any atom is -0.321 e. The number of carbonyl (C=O) groups is 1. The summed E-state index contributed by atoms with van der Waals surface area (Å²) in [6.07, 6.45) is 10.3. The molecule has 2 aliphatic heterocycles. The summed E-state index contributed by atoms with van der Waals surface area (Å²) in [4.78, 5) is 22.7. The first-order valence-corrected chi connectivity index (χ1v) is 13.5. The monoisotopic (exact) mass is 494 g/mol. The van der Waals surface area contributed by atoms with Crippen LogP contribution in [0.25, 0.3) is 22.0 Å². The third-order valence-corrected chi connectivity index (χ3v) is 7.55. The Kier molecular flexibility index (Phi) is 6.97. The Labute approximate surface area is 217 Å². The summed E-state index contributed by atoms with van der Waals surface area (Å²) in [6, 6.07) is 16.4. The van der Waals surface area contributed by atoms with E-state index in [0.717, 1.165) is 67.0 Å². The highest BCUT2D eigenvalue weighted by molar-refractivity contribution is 6.11. The SMILES string of the molecule is O=C(Nc1cccc(CN2CCCC2)c1)c1n[nH]c2ccc(-c3cncc(CN4CCCCC4)c3)cc12. The van der Waals surface area contributed by atoms with Crippen molar-refractivity contribution in [3.8, 4) is 11.1 Å². The van der Waals surface area contributed by atoms with E-state index in [2.05, 4.69) is 54.6 Å². The molecule has 0 unspecified atom stereocenters. The van der Waals surface area contributed by atoms with Crippen molar-refractivity contribution in [1.29, 1.82) is 0 Å². The molecule has 7 nitrogen and oxygen atoms in total. The quantitative estimate of drug-likeness (QED) is 0.357. The lowest BCUT2D eigenvalue weighted by Gasteiger charge is -2.26. The van der Waals surface area contributed by atoms with Crippen molar-refractivity contribution in [2.75, 3.05) is 31.5 Å². The Morgan fingerprint density at radius 1 is 0.811 bits per heavy atom. The first-order valence-electron chi connectivity index (χ1n) is 13.5. The molecule has 0 bridgehead atoms. The molecule has 4 aromatic rings. The third kappa shape index (κ3) is 5.58. The molecule has 37 heavy (non-hydrogen) atoms. The fraction of sp³-hybridized carbons (Fsp3) is 0.367. The van der Waals surface area contributed by atoms with Gasteiger partial charge in [-0.15, -0.1) is 0 Å². The Morgan fingerprint density at radius 3 is 2.38 bits per heavy atom. The molecule has 2 aliphatic rings. The maximum Gasteiger partial charge on any atom is 0.276 e. The highest BCUT2D eigenvalue weighted by atomic mass is 16.1. The van der Waals surface area contributed by atoms with Gasteiger partial charge in [0.15, 0.2) is 5.69 Å². The van der Waals surface area contributed by atoms with E-state index in [1.807, 2.05) is 36.7 Å². The number of amides is 1. The molecule has 2 fully saturated rings. The molecule has 0 atom stereocenters. The number of likely N-dealkylation sites (tertiary alicyclic amines) is 2. The van der Waals surface area contributed by atoms with Crippen molar-refractivity contribution < 1.29 is 4.79 Å². The number of hydrogen-bond acceptors (Lipinski definition) is 5. The first kappa shape index (κ1) is 23.8. The zero-order valence-electron chi connectivity index (χ0n) is 21.2. The standard InChI is InChI=1S/C30H34N6O/c37-30(32-26-8-6-7-22(16-26)20-35-13-4-5-14-35)29-27-17-24(9-10-28(27)33-34-29)25-15-23(18-31-19-25)21-36-11-2-1-3-12-36/h6-10,15-19H,1-5,11-14,20-21H2,(H,32,37)(H,33,34). The zero-order chi connectivity index (χ0) is 25.0. The number of fused-ring (bicyclic) bond motifs is 1. The molecule has 0 aliphatic carbocycles. The number of nitrogens with zero attached hydrogens (tertiary/aromatic N) is 4. The second kappa shape index (κ2) is 10.8. The van der Waals surface area contributed by atoms with Gasteiger partial charge in [-0.1, -0.05) is 24.6 Å². The number of aromatic nitrogens is 3. The van der Waals surface area contributed by atoms with Crippen LogP contribution in [0.2, 0.25) is 0 Å². The maximum absolute atomic E-state index is 13.2. The number of aromatic amines is 1. The Balaban J connectivity index is 1.20. The third-order valence-electron chi connectivity index (χ3n) is 7.55. The van der Waals surface area contributed by atoms with Crippen LogP contribution < -0.4 is 5.32 Å². The molecule has 0 spiro atoms. The van der Waals surface area contributed by atoms with Gasteiger partial charge in [-0.25, -0.2) is 0 Å². The molecule has 190 valence electrons. The Bertz CT molecular complexity index is 1380. The minimum absolute atomic E-state index is 0.210.